The van der Waals surface area contributed by atoms with E-state index in [1.807, 2.05) is 13.0 Å². The van der Waals surface area contributed by atoms with Gasteiger partial charge in [-0.2, -0.15) is 0 Å². The van der Waals surface area contributed by atoms with E-state index in [1.54, 1.807) is 0 Å². The molecule has 1 saturated carbocycles. The zero-order valence-electron chi connectivity index (χ0n) is 10.6. The first-order valence-electron chi connectivity index (χ1n) is 6.34. The third-order valence-corrected chi connectivity index (χ3v) is 4.37. The van der Waals surface area contributed by atoms with Gasteiger partial charge in [0.15, 0.2) is 0 Å². The molecule has 0 aliphatic heterocycles. The summed E-state index contributed by atoms with van der Waals surface area (Å²) in [5, 5.41) is 9.71. The van der Waals surface area contributed by atoms with E-state index in [0.29, 0.717) is 11.2 Å². The van der Waals surface area contributed by atoms with E-state index in [2.05, 4.69) is 19.9 Å². The van der Waals surface area contributed by atoms with Crippen LogP contribution in [0.4, 0.5) is 0 Å². The highest BCUT2D eigenvalue weighted by Crippen LogP contribution is 2.41. The Labute approximate surface area is 98.5 Å². The van der Waals surface area contributed by atoms with Gasteiger partial charge in [0, 0.05) is 0 Å². The topological polar surface area (TPSA) is 20.2 Å². The lowest BCUT2D eigenvalue weighted by atomic mass is 9.69. The van der Waals surface area contributed by atoms with Gasteiger partial charge >= 0.3 is 0 Å². The van der Waals surface area contributed by atoms with Crippen LogP contribution in [-0.4, -0.2) is 5.11 Å². The van der Waals surface area contributed by atoms with Crippen molar-refractivity contribution in [2.24, 2.45) is 0 Å². The molecule has 0 atom stereocenters. The molecule has 0 aromatic heterocycles. The number of phenols is 1. The van der Waals surface area contributed by atoms with Crippen molar-refractivity contribution in [1.29, 1.82) is 0 Å². The van der Waals surface area contributed by atoms with E-state index < -0.39 is 0 Å². The summed E-state index contributed by atoms with van der Waals surface area (Å²) < 4.78 is 0. The standard InChI is InChI=1S/C15H22O/c1-11-12(2)14(16)8-7-13(11)15(3)9-5-4-6-10-15/h7-8,16H,4-6,9-10H2,1-3H3. The second-order valence-electron chi connectivity index (χ2n) is 5.50. The van der Waals surface area contributed by atoms with Crippen LogP contribution in [0.25, 0.3) is 0 Å². The van der Waals surface area contributed by atoms with Gasteiger partial charge in [0.05, 0.1) is 0 Å². The fourth-order valence-corrected chi connectivity index (χ4v) is 3.06. The van der Waals surface area contributed by atoms with Gasteiger partial charge in [-0.15, -0.1) is 0 Å². The van der Waals surface area contributed by atoms with Crippen molar-refractivity contribution in [2.75, 3.05) is 0 Å². The number of benzene rings is 1. The fourth-order valence-electron chi connectivity index (χ4n) is 3.06. The third kappa shape index (κ3) is 1.83. The Morgan fingerprint density at radius 2 is 1.62 bits per heavy atom. The predicted molar refractivity (Wildman–Crippen MR) is 68.0 cm³/mol. The van der Waals surface area contributed by atoms with Gasteiger partial charge < -0.3 is 5.11 Å². The molecule has 1 aromatic rings. The smallest absolute Gasteiger partial charge is 0.118 e. The maximum Gasteiger partial charge on any atom is 0.118 e. The van der Waals surface area contributed by atoms with Crippen molar-refractivity contribution in [1.82, 2.24) is 0 Å². The third-order valence-electron chi connectivity index (χ3n) is 4.37. The van der Waals surface area contributed by atoms with Gasteiger partial charge in [-0.3, -0.25) is 0 Å². The Hall–Kier alpha value is -0.980. The molecule has 1 heteroatoms. The van der Waals surface area contributed by atoms with E-state index in [4.69, 9.17) is 0 Å². The molecule has 1 nitrogen and oxygen atoms in total. The minimum absolute atomic E-state index is 0.334. The van der Waals surface area contributed by atoms with Crippen molar-refractivity contribution in [3.63, 3.8) is 0 Å². The van der Waals surface area contributed by atoms with Gasteiger partial charge in [-0.25, -0.2) is 0 Å². The minimum Gasteiger partial charge on any atom is -0.508 e. The Kier molecular flexibility index (Phi) is 2.96. The summed E-state index contributed by atoms with van der Waals surface area (Å²) in [5.74, 6) is 0.431. The fraction of sp³-hybridized carbons (Fsp3) is 0.600. The summed E-state index contributed by atoms with van der Waals surface area (Å²) >= 11 is 0. The molecule has 2 rings (SSSR count). The van der Waals surface area contributed by atoms with E-state index >= 15 is 0 Å². The van der Waals surface area contributed by atoms with E-state index in [1.165, 1.54) is 43.2 Å². The van der Waals surface area contributed by atoms with Gasteiger partial charge in [-0.05, 0) is 54.9 Å². The summed E-state index contributed by atoms with van der Waals surface area (Å²) in [5.41, 5.74) is 4.11. The Bertz CT molecular complexity index is 387. The molecule has 1 fully saturated rings. The summed E-state index contributed by atoms with van der Waals surface area (Å²) in [4.78, 5) is 0. The average Bonchev–Trinajstić information content (AvgIpc) is 2.27. The van der Waals surface area contributed by atoms with Gasteiger partial charge in [0.1, 0.15) is 5.75 Å². The van der Waals surface area contributed by atoms with E-state index in [-0.39, 0.29) is 0 Å². The zero-order chi connectivity index (χ0) is 11.8. The number of hydrogen-bond donors (Lipinski definition) is 1. The SMILES string of the molecule is Cc1c(O)ccc(C2(C)CCCCC2)c1C. The predicted octanol–water partition coefficient (Wildman–Crippen LogP) is 4.23. The quantitative estimate of drug-likeness (QED) is 0.748. The average molecular weight is 218 g/mol. The van der Waals surface area contributed by atoms with Gasteiger partial charge in [0.2, 0.25) is 0 Å². The molecule has 1 aliphatic carbocycles. The summed E-state index contributed by atoms with van der Waals surface area (Å²) in [6, 6.07) is 3.99. The molecule has 0 radical (unpaired) electrons. The van der Waals surface area contributed by atoms with Crippen LogP contribution in [0.1, 0.15) is 55.7 Å². The van der Waals surface area contributed by atoms with Crippen molar-refractivity contribution >= 4 is 0 Å². The highest BCUT2D eigenvalue weighted by Gasteiger charge is 2.30. The van der Waals surface area contributed by atoms with Crippen molar-refractivity contribution < 1.29 is 5.11 Å². The highest BCUT2D eigenvalue weighted by atomic mass is 16.3. The Balaban J connectivity index is 2.43. The minimum atomic E-state index is 0.334. The maximum atomic E-state index is 9.71. The van der Waals surface area contributed by atoms with Crippen molar-refractivity contribution in [3.8, 4) is 5.75 Å². The van der Waals surface area contributed by atoms with Crippen LogP contribution in [0.3, 0.4) is 0 Å². The molecule has 0 unspecified atom stereocenters. The lowest BCUT2D eigenvalue weighted by Gasteiger charge is -2.35. The molecule has 0 bridgehead atoms. The summed E-state index contributed by atoms with van der Waals surface area (Å²) in [6.45, 7) is 6.54. The lowest BCUT2D eigenvalue weighted by Crippen LogP contribution is -2.26. The van der Waals surface area contributed by atoms with Crippen LogP contribution in [0.5, 0.6) is 5.75 Å². The van der Waals surface area contributed by atoms with Crippen LogP contribution in [-0.2, 0) is 5.41 Å². The number of aromatic hydroxyl groups is 1. The monoisotopic (exact) mass is 218 g/mol. The first-order chi connectivity index (χ1) is 7.54. The Morgan fingerprint density at radius 1 is 1.00 bits per heavy atom. The summed E-state index contributed by atoms with van der Waals surface area (Å²) in [7, 11) is 0. The molecule has 1 N–H and O–H groups in total. The van der Waals surface area contributed by atoms with Crippen LogP contribution < -0.4 is 0 Å². The molecule has 88 valence electrons. The molecule has 16 heavy (non-hydrogen) atoms. The van der Waals surface area contributed by atoms with E-state index in [0.717, 1.165) is 5.56 Å². The van der Waals surface area contributed by atoms with Gasteiger partial charge in [-0.1, -0.05) is 32.3 Å². The Morgan fingerprint density at radius 3 is 2.25 bits per heavy atom. The second kappa shape index (κ2) is 4.12. The first-order valence-corrected chi connectivity index (χ1v) is 6.34. The first kappa shape index (κ1) is 11.5. The van der Waals surface area contributed by atoms with E-state index in [9.17, 15) is 5.11 Å². The lowest BCUT2D eigenvalue weighted by molar-refractivity contribution is 0.318. The van der Waals surface area contributed by atoms with Crippen LogP contribution in [0.15, 0.2) is 12.1 Å². The van der Waals surface area contributed by atoms with Crippen LogP contribution >= 0.6 is 0 Å². The van der Waals surface area contributed by atoms with Crippen LogP contribution in [0, 0.1) is 13.8 Å². The normalized spacial score (nSPS) is 19.7. The largest absolute Gasteiger partial charge is 0.508 e. The molecular weight excluding hydrogens is 196 g/mol. The number of phenolic OH excluding ortho intramolecular Hbond substituents is 1. The highest BCUT2D eigenvalue weighted by molar-refractivity contribution is 5.45. The molecule has 0 saturated heterocycles. The second-order valence-corrected chi connectivity index (χ2v) is 5.50. The van der Waals surface area contributed by atoms with Crippen molar-refractivity contribution in [3.05, 3.63) is 28.8 Å². The number of rotatable bonds is 1. The van der Waals surface area contributed by atoms with Crippen molar-refractivity contribution in [2.45, 2.75) is 58.3 Å². The molecular formula is C15H22O. The molecule has 1 aliphatic rings. The van der Waals surface area contributed by atoms with Crippen LogP contribution in [0.2, 0.25) is 0 Å². The molecule has 1 aromatic carbocycles. The number of hydrogen-bond acceptors (Lipinski definition) is 1. The maximum absolute atomic E-state index is 9.71. The molecule has 0 spiro atoms. The zero-order valence-corrected chi connectivity index (χ0v) is 10.6. The molecule has 0 amide bonds. The summed E-state index contributed by atoms with van der Waals surface area (Å²) in [6.07, 6.45) is 6.65. The molecule has 0 heterocycles. The van der Waals surface area contributed by atoms with Gasteiger partial charge in [0.25, 0.3) is 0 Å².